The maximum atomic E-state index is 15.2. The van der Waals surface area contributed by atoms with Gasteiger partial charge in [-0.1, -0.05) is 12.1 Å². The molecule has 0 aromatic heterocycles. The highest BCUT2D eigenvalue weighted by molar-refractivity contribution is 7.92. The molecule has 0 unspecified atom stereocenters. The van der Waals surface area contributed by atoms with Crippen LogP contribution >= 0.6 is 0 Å². The van der Waals surface area contributed by atoms with E-state index in [1.165, 1.54) is 43.3 Å². The van der Waals surface area contributed by atoms with E-state index in [1.807, 2.05) is 0 Å². The van der Waals surface area contributed by atoms with Crippen LogP contribution in [-0.2, 0) is 30.4 Å². The van der Waals surface area contributed by atoms with Crippen molar-refractivity contribution in [2.75, 3.05) is 6.61 Å². The summed E-state index contributed by atoms with van der Waals surface area (Å²) in [5.74, 6) is -1.67. The number of carbonyl (C=O) groups is 1. The molecule has 36 heavy (non-hydrogen) atoms. The monoisotopic (exact) mass is 520 g/mol. The van der Waals surface area contributed by atoms with Gasteiger partial charge in [0.15, 0.2) is 9.84 Å². The normalized spacial score (nSPS) is 25.1. The smallest absolute Gasteiger partial charge is 0.314 e. The van der Waals surface area contributed by atoms with Gasteiger partial charge in [-0.05, 0) is 108 Å². The maximum Gasteiger partial charge on any atom is 0.314 e. The average Bonchev–Trinajstić information content (AvgIpc) is 3.64. The van der Waals surface area contributed by atoms with Gasteiger partial charge in [-0.2, -0.15) is 0 Å². The highest BCUT2D eigenvalue weighted by atomic mass is 32.2. The van der Waals surface area contributed by atoms with Crippen molar-refractivity contribution in [2.24, 2.45) is 5.92 Å². The lowest BCUT2D eigenvalue weighted by atomic mass is 9.63. The third-order valence-electron chi connectivity index (χ3n) is 7.93. The van der Waals surface area contributed by atoms with Gasteiger partial charge < -0.3 is 9.84 Å². The Morgan fingerprint density at radius 3 is 2.11 bits per heavy atom. The number of carboxylic acid groups (broad SMARTS) is 1. The third kappa shape index (κ3) is 4.70. The first kappa shape index (κ1) is 26.7. The van der Waals surface area contributed by atoms with Gasteiger partial charge in [-0.15, -0.1) is 0 Å². The number of rotatable bonds is 7. The Hall–Kier alpha value is -2.32. The highest BCUT2D eigenvalue weighted by Crippen LogP contribution is 2.51. The minimum atomic E-state index is -3.84. The lowest BCUT2D eigenvalue weighted by Crippen LogP contribution is -2.46. The van der Waals surface area contributed by atoms with E-state index in [0.29, 0.717) is 23.7 Å². The molecule has 2 aliphatic rings. The Balaban J connectivity index is 1.78. The molecule has 0 bridgehead atoms. The molecule has 0 saturated heterocycles. The summed E-state index contributed by atoms with van der Waals surface area (Å²) in [6, 6.07) is 8.38. The zero-order chi connectivity index (χ0) is 26.5. The fraction of sp³-hybridized carbons (Fsp3) is 0.536. The Morgan fingerprint density at radius 2 is 1.61 bits per heavy atom. The minimum Gasteiger partial charge on any atom is -0.481 e. The molecular weight excluding hydrogens is 486 g/mol. The van der Waals surface area contributed by atoms with Crippen molar-refractivity contribution in [3.05, 3.63) is 64.7 Å². The Labute approximate surface area is 211 Å². The maximum absolute atomic E-state index is 15.2. The topological polar surface area (TPSA) is 80.7 Å². The molecule has 5 nitrogen and oxygen atoms in total. The Kier molecular flexibility index (Phi) is 6.84. The van der Waals surface area contributed by atoms with Gasteiger partial charge >= 0.3 is 5.97 Å². The molecule has 0 radical (unpaired) electrons. The van der Waals surface area contributed by atoms with Gasteiger partial charge in [0.25, 0.3) is 0 Å². The lowest BCUT2D eigenvalue weighted by molar-refractivity contribution is -0.151. The first-order chi connectivity index (χ1) is 16.7. The first-order valence-electron chi connectivity index (χ1n) is 12.4. The fourth-order valence-corrected chi connectivity index (χ4v) is 6.52. The molecule has 0 atom stereocenters. The van der Waals surface area contributed by atoms with Crippen molar-refractivity contribution in [1.29, 1.82) is 0 Å². The molecule has 4 rings (SSSR count). The number of benzene rings is 2. The quantitative estimate of drug-likeness (QED) is 0.480. The zero-order valence-corrected chi connectivity index (χ0v) is 22.1. The molecule has 0 amide bonds. The van der Waals surface area contributed by atoms with Crippen LogP contribution in [0.25, 0.3) is 0 Å². The van der Waals surface area contributed by atoms with E-state index in [4.69, 9.17) is 4.74 Å². The highest BCUT2D eigenvalue weighted by Gasteiger charge is 2.50. The third-order valence-corrected chi connectivity index (χ3v) is 10.5. The van der Waals surface area contributed by atoms with Crippen molar-refractivity contribution in [1.82, 2.24) is 0 Å². The average molecular weight is 521 g/mol. The molecular formula is C28H34F2O5S. The number of ether oxygens (including phenoxy) is 1. The van der Waals surface area contributed by atoms with Gasteiger partial charge in [0, 0.05) is 5.56 Å². The summed E-state index contributed by atoms with van der Waals surface area (Å²) < 4.78 is 60.7. The van der Waals surface area contributed by atoms with E-state index >= 15 is 4.39 Å². The summed E-state index contributed by atoms with van der Waals surface area (Å²) in [4.78, 5) is 12.4. The molecule has 8 heteroatoms. The summed E-state index contributed by atoms with van der Waals surface area (Å²) in [6.45, 7) is 6.65. The predicted molar refractivity (Wildman–Crippen MR) is 133 cm³/mol. The van der Waals surface area contributed by atoms with Crippen LogP contribution in [0.1, 0.15) is 76.0 Å². The van der Waals surface area contributed by atoms with Crippen molar-refractivity contribution < 1.29 is 31.8 Å². The van der Waals surface area contributed by atoms with Crippen LogP contribution < -0.4 is 0 Å². The van der Waals surface area contributed by atoms with E-state index < -0.39 is 43.2 Å². The first-order valence-corrected chi connectivity index (χ1v) is 13.9. The summed E-state index contributed by atoms with van der Waals surface area (Å²) in [5, 5.41) is 10.2. The van der Waals surface area contributed by atoms with Gasteiger partial charge in [-0.3, -0.25) is 4.79 Å². The standard InChI is InChI=1S/C28H34F2O5S/c1-18-23(30)15-21(16-24(18)36(33,34)26(2,3)4)28(35-17-19-5-6-19)13-11-27(12-14-28,25(31)32)20-7-9-22(29)10-8-20/h7-10,15-16,19H,5-6,11-14,17H2,1-4H3,(H,31,32)/t27-,28-. The number of hydrogen-bond donors (Lipinski definition) is 1. The van der Waals surface area contributed by atoms with Crippen LogP contribution in [0.5, 0.6) is 0 Å². The zero-order valence-electron chi connectivity index (χ0n) is 21.2. The minimum absolute atomic E-state index is 0.0620. The second kappa shape index (κ2) is 9.21. The summed E-state index contributed by atoms with van der Waals surface area (Å²) in [6.07, 6.45) is 2.99. The molecule has 2 aliphatic carbocycles. The molecule has 2 fully saturated rings. The lowest BCUT2D eigenvalue weighted by Gasteiger charge is -2.45. The van der Waals surface area contributed by atoms with E-state index in [0.717, 1.165) is 12.8 Å². The molecule has 196 valence electrons. The van der Waals surface area contributed by atoms with Crippen LogP contribution in [0.3, 0.4) is 0 Å². The molecule has 0 spiro atoms. The van der Waals surface area contributed by atoms with Crippen LogP contribution in [0, 0.1) is 24.5 Å². The predicted octanol–water partition coefficient (Wildman–Crippen LogP) is 6.06. The van der Waals surface area contributed by atoms with E-state index in [1.54, 1.807) is 20.8 Å². The van der Waals surface area contributed by atoms with E-state index in [2.05, 4.69) is 0 Å². The molecule has 2 aromatic rings. The van der Waals surface area contributed by atoms with Crippen molar-refractivity contribution >= 4 is 15.8 Å². The molecule has 0 aliphatic heterocycles. The number of carboxylic acids is 1. The molecule has 2 saturated carbocycles. The van der Waals surface area contributed by atoms with Crippen molar-refractivity contribution in [3.8, 4) is 0 Å². The summed E-state index contributed by atoms with van der Waals surface area (Å²) >= 11 is 0. The van der Waals surface area contributed by atoms with Gasteiger partial charge in [0.05, 0.1) is 27.3 Å². The largest absolute Gasteiger partial charge is 0.481 e. The summed E-state index contributed by atoms with van der Waals surface area (Å²) in [5.41, 5.74) is -1.25. The summed E-state index contributed by atoms with van der Waals surface area (Å²) in [7, 11) is -3.84. The van der Waals surface area contributed by atoms with Crippen LogP contribution in [0.4, 0.5) is 8.78 Å². The van der Waals surface area contributed by atoms with Crippen molar-refractivity contribution in [3.63, 3.8) is 0 Å². The van der Waals surface area contributed by atoms with Crippen LogP contribution in [-0.4, -0.2) is 30.8 Å². The van der Waals surface area contributed by atoms with Crippen LogP contribution in [0.2, 0.25) is 0 Å². The van der Waals surface area contributed by atoms with Crippen molar-refractivity contribution in [2.45, 2.75) is 86.9 Å². The molecule has 0 heterocycles. The Morgan fingerprint density at radius 1 is 1.03 bits per heavy atom. The number of halogens is 2. The molecule has 1 N–H and O–H groups in total. The van der Waals surface area contributed by atoms with Gasteiger partial charge in [0.1, 0.15) is 11.6 Å². The van der Waals surface area contributed by atoms with E-state index in [-0.39, 0.29) is 36.1 Å². The Bertz CT molecular complexity index is 1250. The van der Waals surface area contributed by atoms with Crippen LogP contribution in [0.15, 0.2) is 41.3 Å². The molecule has 2 aromatic carbocycles. The second-order valence-corrected chi connectivity index (χ2v) is 14.0. The van der Waals surface area contributed by atoms with Gasteiger partial charge in [-0.25, -0.2) is 17.2 Å². The SMILES string of the molecule is Cc1c(F)cc([C@]2(OCC3CC3)CC[C@@](C(=O)O)(c3ccc(F)cc3)CC2)cc1S(=O)(=O)C(C)(C)C. The van der Waals surface area contributed by atoms with Gasteiger partial charge in [0.2, 0.25) is 0 Å². The number of sulfone groups is 1. The fourth-order valence-electron chi connectivity index (χ4n) is 5.08. The number of hydrogen-bond acceptors (Lipinski definition) is 4. The van der Waals surface area contributed by atoms with E-state index in [9.17, 15) is 22.7 Å². The second-order valence-electron chi connectivity index (χ2n) is 11.3. The number of aliphatic carboxylic acids is 1.